The summed E-state index contributed by atoms with van der Waals surface area (Å²) in [6.07, 6.45) is 0.475. The molecule has 0 N–H and O–H groups in total. The Morgan fingerprint density at radius 3 is 2.63 bits per heavy atom. The third-order valence-electron chi connectivity index (χ3n) is 3.05. The number of rotatable bonds is 4. The second kappa shape index (κ2) is 6.02. The van der Waals surface area contributed by atoms with Crippen LogP contribution in [0.25, 0.3) is 0 Å². The van der Waals surface area contributed by atoms with Gasteiger partial charge in [0.2, 0.25) is 5.91 Å². The second-order valence-electron chi connectivity index (χ2n) is 4.93. The summed E-state index contributed by atoms with van der Waals surface area (Å²) in [5.41, 5.74) is 2.28. The van der Waals surface area contributed by atoms with Crippen LogP contribution in [0, 0.1) is 13.8 Å². The standard InChI is InChI=1S/C16H19NOS/c1-12-5-4-6-14(9-12)10-16(18)17(3)11-15-8-7-13(2)19-15/h4-9H,10-11H2,1-3H3. The molecular weight excluding hydrogens is 254 g/mol. The maximum Gasteiger partial charge on any atom is 0.227 e. The van der Waals surface area contributed by atoms with E-state index in [9.17, 15) is 4.79 Å². The summed E-state index contributed by atoms with van der Waals surface area (Å²) in [5.74, 6) is 0.164. The third kappa shape index (κ3) is 3.93. The lowest BCUT2D eigenvalue weighted by Gasteiger charge is -2.16. The maximum atomic E-state index is 12.2. The predicted octanol–water partition coefficient (Wildman–Crippen LogP) is 3.57. The van der Waals surface area contributed by atoms with Gasteiger partial charge in [-0.05, 0) is 31.5 Å². The van der Waals surface area contributed by atoms with Gasteiger partial charge in [-0.2, -0.15) is 0 Å². The Morgan fingerprint density at radius 1 is 1.21 bits per heavy atom. The fourth-order valence-electron chi connectivity index (χ4n) is 2.02. The normalized spacial score (nSPS) is 10.5. The molecule has 2 rings (SSSR count). The fourth-order valence-corrected chi connectivity index (χ4v) is 2.97. The number of carbonyl (C=O) groups excluding carboxylic acids is 1. The summed E-state index contributed by atoms with van der Waals surface area (Å²) in [5, 5.41) is 0. The van der Waals surface area contributed by atoms with Crippen molar-refractivity contribution in [2.24, 2.45) is 0 Å². The van der Waals surface area contributed by atoms with Gasteiger partial charge in [0, 0.05) is 16.8 Å². The van der Waals surface area contributed by atoms with Crippen LogP contribution in [0.4, 0.5) is 0 Å². The van der Waals surface area contributed by atoms with Crippen molar-refractivity contribution in [3.05, 3.63) is 57.3 Å². The van der Waals surface area contributed by atoms with Crippen LogP contribution >= 0.6 is 11.3 Å². The van der Waals surface area contributed by atoms with Crippen LogP contribution < -0.4 is 0 Å². The van der Waals surface area contributed by atoms with E-state index in [1.165, 1.54) is 15.3 Å². The maximum absolute atomic E-state index is 12.2. The average Bonchev–Trinajstić information content (AvgIpc) is 2.74. The second-order valence-corrected chi connectivity index (χ2v) is 6.30. The molecule has 0 atom stereocenters. The monoisotopic (exact) mass is 273 g/mol. The molecule has 1 aromatic heterocycles. The number of nitrogens with zero attached hydrogens (tertiary/aromatic N) is 1. The number of benzene rings is 1. The van der Waals surface area contributed by atoms with Crippen molar-refractivity contribution >= 4 is 17.2 Å². The molecule has 19 heavy (non-hydrogen) atoms. The smallest absolute Gasteiger partial charge is 0.227 e. The van der Waals surface area contributed by atoms with Crippen LogP contribution in [0.3, 0.4) is 0 Å². The van der Waals surface area contributed by atoms with E-state index < -0.39 is 0 Å². The Bertz CT molecular complexity index is 574. The zero-order chi connectivity index (χ0) is 13.8. The summed E-state index contributed by atoms with van der Waals surface area (Å²) >= 11 is 1.75. The topological polar surface area (TPSA) is 20.3 Å². The van der Waals surface area contributed by atoms with Crippen molar-refractivity contribution < 1.29 is 4.79 Å². The van der Waals surface area contributed by atoms with Crippen LogP contribution in [-0.2, 0) is 17.8 Å². The molecule has 0 unspecified atom stereocenters. The molecule has 2 nitrogen and oxygen atoms in total. The summed E-state index contributed by atoms with van der Waals surface area (Å²) in [6.45, 7) is 4.83. The van der Waals surface area contributed by atoms with E-state index in [4.69, 9.17) is 0 Å². The van der Waals surface area contributed by atoms with E-state index >= 15 is 0 Å². The fraction of sp³-hybridized carbons (Fsp3) is 0.312. The first-order valence-electron chi connectivity index (χ1n) is 6.39. The molecule has 0 radical (unpaired) electrons. The molecule has 1 aromatic carbocycles. The number of carbonyl (C=O) groups is 1. The molecular formula is C16H19NOS. The lowest BCUT2D eigenvalue weighted by atomic mass is 10.1. The first-order chi connectivity index (χ1) is 9.04. The molecule has 0 aliphatic carbocycles. The summed E-state index contributed by atoms with van der Waals surface area (Å²) < 4.78 is 0. The van der Waals surface area contributed by atoms with Gasteiger partial charge in [-0.15, -0.1) is 11.3 Å². The van der Waals surface area contributed by atoms with Crippen molar-refractivity contribution in [1.29, 1.82) is 0 Å². The van der Waals surface area contributed by atoms with Crippen molar-refractivity contribution in [1.82, 2.24) is 4.90 Å². The highest BCUT2D eigenvalue weighted by molar-refractivity contribution is 7.11. The van der Waals surface area contributed by atoms with Gasteiger partial charge in [0.05, 0.1) is 13.0 Å². The van der Waals surface area contributed by atoms with Gasteiger partial charge in [0.25, 0.3) is 0 Å². The summed E-state index contributed by atoms with van der Waals surface area (Å²) in [4.78, 5) is 16.5. The van der Waals surface area contributed by atoms with Crippen molar-refractivity contribution in [2.75, 3.05) is 7.05 Å². The minimum Gasteiger partial charge on any atom is -0.340 e. The summed E-state index contributed by atoms with van der Waals surface area (Å²) in [6, 6.07) is 12.3. The molecule has 0 spiro atoms. The quantitative estimate of drug-likeness (QED) is 0.834. The molecule has 0 saturated heterocycles. The van der Waals surface area contributed by atoms with E-state index in [2.05, 4.69) is 25.1 Å². The van der Waals surface area contributed by atoms with Crippen molar-refractivity contribution in [3.63, 3.8) is 0 Å². The molecule has 0 aliphatic rings. The molecule has 0 saturated carbocycles. The van der Waals surface area contributed by atoms with Crippen molar-refractivity contribution in [2.45, 2.75) is 26.8 Å². The van der Waals surface area contributed by atoms with Gasteiger partial charge in [0.1, 0.15) is 0 Å². The van der Waals surface area contributed by atoms with Gasteiger partial charge in [0.15, 0.2) is 0 Å². The third-order valence-corrected chi connectivity index (χ3v) is 4.04. The molecule has 0 bridgehead atoms. The predicted molar refractivity (Wildman–Crippen MR) is 80.4 cm³/mol. The van der Waals surface area contributed by atoms with E-state index in [0.717, 1.165) is 5.56 Å². The van der Waals surface area contributed by atoms with Gasteiger partial charge in [-0.3, -0.25) is 4.79 Å². The lowest BCUT2D eigenvalue weighted by Crippen LogP contribution is -2.27. The van der Waals surface area contributed by atoms with E-state index in [1.54, 1.807) is 16.2 Å². The molecule has 0 aliphatic heterocycles. The zero-order valence-corrected chi connectivity index (χ0v) is 12.5. The molecule has 1 amide bonds. The minimum atomic E-state index is 0.164. The van der Waals surface area contributed by atoms with E-state index in [1.807, 2.05) is 32.2 Å². The number of hydrogen-bond donors (Lipinski definition) is 0. The highest BCUT2D eigenvalue weighted by Gasteiger charge is 2.11. The highest BCUT2D eigenvalue weighted by atomic mass is 32.1. The van der Waals surface area contributed by atoms with Crippen LogP contribution in [0.15, 0.2) is 36.4 Å². The number of aryl methyl sites for hydroxylation is 2. The summed E-state index contributed by atoms with van der Waals surface area (Å²) in [7, 11) is 1.87. The minimum absolute atomic E-state index is 0.164. The Labute approximate surface area is 118 Å². The van der Waals surface area contributed by atoms with Crippen LogP contribution in [0.5, 0.6) is 0 Å². The van der Waals surface area contributed by atoms with E-state index in [-0.39, 0.29) is 5.91 Å². The largest absolute Gasteiger partial charge is 0.340 e. The first-order valence-corrected chi connectivity index (χ1v) is 7.21. The van der Waals surface area contributed by atoms with Crippen LogP contribution in [0.2, 0.25) is 0 Å². The number of thiophene rings is 1. The highest BCUT2D eigenvalue weighted by Crippen LogP contribution is 2.17. The molecule has 100 valence electrons. The zero-order valence-electron chi connectivity index (χ0n) is 11.6. The number of amides is 1. The Hall–Kier alpha value is -1.61. The number of likely N-dealkylation sites (N-methyl/N-ethyl adjacent to an activating group) is 1. The van der Waals surface area contributed by atoms with Crippen LogP contribution in [0.1, 0.15) is 20.9 Å². The van der Waals surface area contributed by atoms with Gasteiger partial charge in [-0.1, -0.05) is 29.8 Å². The number of hydrogen-bond acceptors (Lipinski definition) is 2. The first kappa shape index (κ1) is 13.8. The van der Waals surface area contributed by atoms with E-state index in [0.29, 0.717) is 13.0 Å². The molecule has 2 aromatic rings. The average molecular weight is 273 g/mol. The SMILES string of the molecule is Cc1cccc(CC(=O)N(C)Cc2ccc(C)s2)c1. The van der Waals surface area contributed by atoms with Crippen LogP contribution in [-0.4, -0.2) is 17.9 Å². The Morgan fingerprint density at radius 2 is 2.00 bits per heavy atom. The van der Waals surface area contributed by atoms with Gasteiger partial charge < -0.3 is 4.90 Å². The van der Waals surface area contributed by atoms with Crippen molar-refractivity contribution in [3.8, 4) is 0 Å². The Balaban J connectivity index is 1.96. The Kier molecular flexibility index (Phi) is 4.38. The molecule has 3 heteroatoms. The van der Waals surface area contributed by atoms with Gasteiger partial charge in [-0.25, -0.2) is 0 Å². The molecule has 1 heterocycles. The lowest BCUT2D eigenvalue weighted by molar-refractivity contribution is -0.129. The van der Waals surface area contributed by atoms with Gasteiger partial charge >= 0.3 is 0 Å². The molecule has 0 fully saturated rings.